The Morgan fingerprint density at radius 1 is 1.50 bits per heavy atom. The molecule has 2 heteroatoms. The van der Waals surface area contributed by atoms with Crippen LogP contribution in [0.2, 0.25) is 0 Å². The summed E-state index contributed by atoms with van der Waals surface area (Å²) in [6, 6.07) is 8.78. The first kappa shape index (κ1) is 10.1. The van der Waals surface area contributed by atoms with E-state index in [1.54, 1.807) is 0 Å². The molecule has 0 bridgehead atoms. The highest BCUT2D eigenvalue weighted by atomic mass is 32.2. The van der Waals surface area contributed by atoms with E-state index in [-0.39, 0.29) is 0 Å². The predicted molar refractivity (Wildman–Crippen MR) is 62.9 cm³/mol. The Hall–Kier alpha value is -0.470. The number of aryl methyl sites for hydroxylation is 1. The van der Waals surface area contributed by atoms with Crippen molar-refractivity contribution in [2.45, 2.75) is 18.2 Å². The molecule has 1 heterocycles. The molecule has 0 amide bonds. The average Bonchev–Trinajstić information content (AvgIpc) is 2.67. The second-order valence-electron chi connectivity index (χ2n) is 3.99. The number of rotatable bonds is 3. The van der Waals surface area contributed by atoms with Gasteiger partial charge in [-0.25, -0.2) is 0 Å². The van der Waals surface area contributed by atoms with E-state index in [9.17, 15) is 0 Å². The third kappa shape index (κ3) is 2.76. The van der Waals surface area contributed by atoms with Crippen molar-refractivity contribution in [3.8, 4) is 0 Å². The van der Waals surface area contributed by atoms with Crippen molar-refractivity contribution in [3.63, 3.8) is 0 Å². The maximum absolute atomic E-state index is 3.41. The Morgan fingerprint density at radius 2 is 2.43 bits per heavy atom. The maximum atomic E-state index is 3.41. The molecule has 1 aromatic carbocycles. The van der Waals surface area contributed by atoms with Crippen molar-refractivity contribution in [1.29, 1.82) is 0 Å². The van der Waals surface area contributed by atoms with Gasteiger partial charge in [0.1, 0.15) is 0 Å². The van der Waals surface area contributed by atoms with Gasteiger partial charge in [0.15, 0.2) is 0 Å². The van der Waals surface area contributed by atoms with Crippen LogP contribution < -0.4 is 5.32 Å². The first-order valence-corrected chi connectivity index (χ1v) is 6.23. The lowest BCUT2D eigenvalue weighted by atomic mass is 10.2. The normalized spacial score (nSPS) is 21.4. The number of hydrogen-bond donors (Lipinski definition) is 1. The minimum atomic E-state index is 0.875. The molecule has 2 rings (SSSR count). The largest absolute Gasteiger partial charge is 0.316 e. The van der Waals surface area contributed by atoms with E-state index in [0.29, 0.717) is 0 Å². The van der Waals surface area contributed by atoms with E-state index < -0.39 is 0 Å². The molecule has 0 radical (unpaired) electrons. The zero-order valence-corrected chi connectivity index (χ0v) is 9.44. The van der Waals surface area contributed by atoms with Crippen LogP contribution in [0.25, 0.3) is 0 Å². The number of hydrogen-bond acceptors (Lipinski definition) is 2. The summed E-state index contributed by atoms with van der Waals surface area (Å²) in [5.41, 5.74) is 1.36. The van der Waals surface area contributed by atoms with Gasteiger partial charge in [-0.15, -0.1) is 11.8 Å². The van der Waals surface area contributed by atoms with Crippen molar-refractivity contribution in [3.05, 3.63) is 29.8 Å². The summed E-state index contributed by atoms with van der Waals surface area (Å²) in [5.74, 6) is 2.14. The quantitative estimate of drug-likeness (QED) is 0.765. The number of thioether (sulfide) groups is 1. The molecule has 1 aromatic rings. The van der Waals surface area contributed by atoms with Gasteiger partial charge in [-0.2, -0.15) is 0 Å². The van der Waals surface area contributed by atoms with Crippen LogP contribution in [0, 0.1) is 12.8 Å². The first-order chi connectivity index (χ1) is 6.84. The highest BCUT2D eigenvalue weighted by Crippen LogP contribution is 2.23. The van der Waals surface area contributed by atoms with Crippen LogP contribution in [0.3, 0.4) is 0 Å². The van der Waals surface area contributed by atoms with E-state index in [0.717, 1.165) is 5.92 Å². The Bertz CT molecular complexity index is 292. The molecule has 1 aliphatic heterocycles. The van der Waals surface area contributed by atoms with E-state index in [1.165, 1.54) is 35.7 Å². The first-order valence-electron chi connectivity index (χ1n) is 5.25. The molecule has 0 spiro atoms. The van der Waals surface area contributed by atoms with Gasteiger partial charge in [0.25, 0.3) is 0 Å². The fraction of sp³-hybridized carbons (Fsp3) is 0.500. The summed E-state index contributed by atoms with van der Waals surface area (Å²) in [6.07, 6.45) is 1.35. The summed E-state index contributed by atoms with van der Waals surface area (Å²) in [6.45, 7) is 4.57. The molecule has 0 aliphatic carbocycles. The van der Waals surface area contributed by atoms with Gasteiger partial charge in [0, 0.05) is 10.6 Å². The van der Waals surface area contributed by atoms with Crippen LogP contribution in [-0.4, -0.2) is 18.8 Å². The summed E-state index contributed by atoms with van der Waals surface area (Å²) in [4.78, 5) is 1.41. The predicted octanol–water partition coefficient (Wildman–Crippen LogP) is 2.70. The van der Waals surface area contributed by atoms with Crippen molar-refractivity contribution in [1.82, 2.24) is 5.32 Å². The van der Waals surface area contributed by atoms with Crippen LogP contribution >= 0.6 is 11.8 Å². The minimum absolute atomic E-state index is 0.875. The zero-order valence-electron chi connectivity index (χ0n) is 8.62. The second kappa shape index (κ2) is 4.85. The molecule has 76 valence electrons. The van der Waals surface area contributed by atoms with Gasteiger partial charge >= 0.3 is 0 Å². The molecule has 14 heavy (non-hydrogen) atoms. The lowest BCUT2D eigenvalue weighted by Gasteiger charge is -2.07. The third-order valence-electron chi connectivity index (χ3n) is 2.64. The number of nitrogens with one attached hydrogen (secondary N) is 1. The van der Waals surface area contributed by atoms with E-state index in [1.807, 2.05) is 11.8 Å². The molecule has 0 aromatic heterocycles. The van der Waals surface area contributed by atoms with Crippen LogP contribution in [0.15, 0.2) is 29.2 Å². The average molecular weight is 207 g/mol. The van der Waals surface area contributed by atoms with Gasteiger partial charge in [-0.3, -0.25) is 0 Å². The lowest BCUT2D eigenvalue weighted by molar-refractivity contribution is 0.662. The van der Waals surface area contributed by atoms with Crippen LogP contribution in [0.4, 0.5) is 0 Å². The maximum Gasteiger partial charge on any atom is 0.00746 e. The molecule has 1 nitrogen and oxygen atoms in total. The molecule has 0 saturated carbocycles. The Kier molecular flexibility index (Phi) is 3.49. The van der Waals surface area contributed by atoms with Crippen LogP contribution in [-0.2, 0) is 0 Å². The van der Waals surface area contributed by atoms with Crippen molar-refractivity contribution in [2.75, 3.05) is 18.8 Å². The third-order valence-corrected chi connectivity index (χ3v) is 3.86. The van der Waals surface area contributed by atoms with Gasteiger partial charge in [0.05, 0.1) is 0 Å². The topological polar surface area (TPSA) is 12.0 Å². The SMILES string of the molecule is Cc1cccc(SCC2CCNC2)c1. The Balaban J connectivity index is 1.85. The van der Waals surface area contributed by atoms with Crippen molar-refractivity contribution >= 4 is 11.8 Å². The number of benzene rings is 1. The molecule has 1 fully saturated rings. The van der Waals surface area contributed by atoms with Gasteiger partial charge < -0.3 is 5.32 Å². The fourth-order valence-corrected chi connectivity index (χ4v) is 2.93. The van der Waals surface area contributed by atoms with E-state index >= 15 is 0 Å². The fourth-order valence-electron chi connectivity index (χ4n) is 1.78. The van der Waals surface area contributed by atoms with E-state index in [4.69, 9.17) is 0 Å². The molecule has 1 atom stereocenters. The monoisotopic (exact) mass is 207 g/mol. The van der Waals surface area contributed by atoms with Crippen LogP contribution in [0.5, 0.6) is 0 Å². The Labute approximate surface area is 90.3 Å². The van der Waals surface area contributed by atoms with Crippen LogP contribution in [0.1, 0.15) is 12.0 Å². The molecule has 1 saturated heterocycles. The highest BCUT2D eigenvalue weighted by molar-refractivity contribution is 7.99. The Morgan fingerprint density at radius 3 is 3.14 bits per heavy atom. The minimum Gasteiger partial charge on any atom is -0.316 e. The molecule has 1 N–H and O–H groups in total. The zero-order chi connectivity index (χ0) is 9.80. The van der Waals surface area contributed by atoms with Gasteiger partial charge in [-0.05, 0) is 44.5 Å². The van der Waals surface area contributed by atoms with Crippen molar-refractivity contribution < 1.29 is 0 Å². The van der Waals surface area contributed by atoms with Crippen molar-refractivity contribution in [2.24, 2.45) is 5.92 Å². The molecule has 1 unspecified atom stereocenters. The lowest BCUT2D eigenvalue weighted by Crippen LogP contribution is -2.10. The van der Waals surface area contributed by atoms with Gasteiger partial charge in [-0.1, -0.05) is 17.7 Å². The summed E-state index contributed by atoms with van der Waals surface area (Å²) in [7, 11) is 0. The van der Waals surface area contributed by atoms with Gasteiger partial charge in [0.2, 0.25) is 0 Å². The standard InChI is InChI=1S/C12H17NS/c1-10-3-2-4-12(7-10)14-9-11-5-6-13-8-11/h2-4,7,11,13H,5-6,8-9H2,1H3. The summed E-state index contributed by atoms with van der Waals surface area (Å²) < 4.78 is 0. The van der Waals surface area contributed by atoms with E-state index in [2.05, 4.69) is 36.5 Å². The summed E-state index contributed by atoms with van der Waals surface area (Å²) >= 11 is 1.99. The smallest absolute Gasteiger partial charge is 0.00746 e. The highest BCUT2D eigenvalue weighted by Gasteiger charge is 2.14. The molecular formula is C12H17NS. The second-order valence-corrected chi connectivity index (χ2v) is 5.08. The molecular weight excluding hydrogens is 190 g/mol. The molecule has 1 aliphatic rings. The summed E-state index contributed by atoms with van der Waals surface area (Å²) in [5, 5.41) is 3.41.